The molecule has 10 nitrogen and oxygen atoms in total. The van der Waals surface area contributed by atoms with Gasteiger partial charge in [-0.3, -0.25) is 19.4 Å². The normalized spacial score (nSPS) is 11.2. The van der Waals surface area contributed by atoms with Crippen LogP contribution in [0.1, 0.15) is 33.4 Å². The molecule has 2 aromatic carbocycles. The molecular weight excluding hydrogens is 444 g/mol. The summed E-state index contributed by atoms with van der Waals surface area (Å²) in [6.07, 6.45) is 0. The number of phenols is 2. The van der Waals surface area contributed by atoms with E-state index in [1.807, 2.05) is 13.8 Å². The van der Waals surface area contributed by atoms with Crippen molar-refractivity contribution in [2.24, 2.45) is 0 Å². The lowest BCUT2D eigenvalue weighted by molar-refractivity contribution is -0.138. The van der Waals surface area contributed by atoms with Crippen LogP contribution >= 0.6 is 0 Å². The molecule has 5 N–H and O–H groups in total. The second-order valence-electron chi connectivity index (χ2n) is 8.23. The van der Waals surface area contributed by atoms with Crippen molar-refractivity contribution < 1.29 is 39.9 Å². The number of carbonyl (C=O) groups excluding carboxylic acids is 1. The maximum absolute atomic E-state index is 11.4. The summed E-state index contributed by atoms with van der Waals surface area (Å²) in [5.74, 6) is -1.17. The number of hydrogen-bond acceptors (Lipinski definition) is 9. The number of aliphatic carboxylic acids is 1. The molecule has 0 amide bonds. The SMILES string of the molecule is Cc1cc(CO)c(O)c(CN(CCN(CC(=O)O)Cc2cc(C)cc(CO)c2O)COC=O)c1. The van der Waals surface area contributed by atoms with Gasteiger partial charge in [-0.25, -0.2) is 0 Å². The molecule has 0 aliphatic carbocycles. The van der Waals surface area contributed by atoms with Gasteiger partial charge >= 0.3 is 5.97 Å². The minimum absolute atomic E-state index is 0.0483. The molecule has 186 valence electrons. The average molecular weight is 477 g/mol. The van der Waals surface area contributed by atoms with Crippen molar-refractivity contribution in [1.82, 2.24) is 9.80 Å². The molecule has 0 aliphatic heterocycles. The molecule has 0 atom stereocenters. The first-order valence-corrected chi connectivity index (χ1v) is 10.7. The first-order valence-electron chi connectivity index (χ1n) is 10.7. The molecule has 0 radical (unpaired) electrons. The van der Waals surface area contributed by atoms with E-state index >= 15 is 0 Å². The number of hydrogen-bond donors (Lipinski definition) is 5. The lowest BCUT2D eigenvalue weighted by Gasteiger charge is -2.27. The average Bonchev–Trinajstić information content (AvgIpc) is 2.79. The smallest absolute Gasteiger partial charge is 0.317 e. The third kappa shape index (κ3) is 7.70. The fourth-order valence-electron chi connectivity index (χ4n) is 3.85. The van der Waals surface area contributed by atoms with Gasteiger partial charge in [-0.05, 0) is 13.8 Å². The first kappa shape index (κ1) is 27.1. The monoisotopic (exact) mass is 476 g/mol. The number of benzene rings is 2. The molecule has 2 rings (SSSR count). The molecule has 2 aromatic rings. The number of aromatic hydroxyl groups is 2. The van der Waals surface area contributed by atoms with Crippen molar-refractivity contribution >= 4 is 12.4 Å². The summed E-state index contributed by atoms with van der Waals surface area (Å²) in [6.45, 7) is 3.75. The Morgan fingerprint density at radius 2 is 1.29 bits per heavy atom. The summed E-state index contributed by atoms with van der Waals surface area (Å²) in [7, 11) is 0. The van der Waals surface area contributed by atoms with Gasteiger partial charge in [0.25, 0.3) is 6.47 Å². The fraction of sp³-hybridized carbons (Fsp3) is 0.417. The van der Waals surface area contributed by atoms with E-state index in [-0.39, 0.29) is 64.2 Å². The van der Waals surface area contributed by atoms with E-state index in [4.69, 9.17) is 4.74 Å². The predicted octanol–water partition coefficient (Wildman–Crippen LogP) is 1.22. The van der Waals surface area contributed by atoms with E-state index in [9.17, 15) is 35.1 Å². The molecule has 10 heteroatoms. The third-order valence-electron chi connectivity index (χ3n) is 5.37. The van der Waals surface area contributed by atoms with Crippen LogP contribution in [0.5, 0.6) is 11.5 Å². The van der Waals surface area contributed by atoms with Gasteiger partial charge in [0, 0.05) is 48.4 Å². The third-order valence-corrected chi connectivity index (χ3v) is 5.37. The molecule has 0 saturated carbocycles. The Balaban J connectivity index is 2.21. The second kappa shape index (κ2) is 12.9. The van der Waals surface area contributed by atoms with Gasteiger partial charge in [-0.1, -0.05) is 35.4 Å². The van der Waals surface area contributed by atoms with Crippen molar-refractivity contribution in [2.75, 3.05) is 26.4 Å². The topological polar surface area (TPSA) is 151 Å². The number of ether oxygens (including phenoxy) is 1. The standard InChI is InChI=1S/C24H32N2O8/c1-16-5-18(23(32)20(7-16)12-27)9-25(11-22(30)31)3-4-26(14-34-15-29)10-19-6-17(2)8-21(13-28)24(19)33/h5-8,15,27-28,32-33H,3-4,9-14H2,1-2H3,(H,30,31). The first-order chi connectivity index (χ1) is 16.2. The molecule has 0 bridgehead atoms. The van der Waals surface area contributed by atoms with E-state index in [0.29, 0.717) is 28.7 Å². The molecule has 0 unspecified atom stereocenters. The highest BCUT2D eigenvalue weighted by Crippen LogP contribution is 2.27. The molecular formula is C24H32N2O8. The highest BCUT2D eigenvalue weighted by atomic mass is 16.5. The van der Waals surface area contributed by atoms with Crippen LogP contribution in [-0.2, 0) is 40.6 Å². The fourth-order valence-corrected chi connectivity index (χ4v) is 3.85. The molecule has 34 heavy (non-hydrogen) atoms. The number of carboxylic acid groups (broad SMARTS) is 1. The van der Waals surface area contributed by atoms with E-state index in [0.717, 1.165) is 11.1 Å². The number of rotatable bonds is 14. The molecule has 0 aromatic heterocycles. The zero-order chi connectivity index (χ0) is 25.3. The molecule has 0 fully saturated rings. The van der Waals surface area contributed by atoms with Crippen molar-refractivity contribution in [1.29, 1.82) is 0 Å². The Hall–Kier alpha value is -3.18. The maximum atomic E-state index is 11.4. The summed E-state index contributed by atoms with van der Waals surface area (Å²) >= 11 is 0. The van der Waals surface area contributed by atoms with Gasteiger partial charge in [0.2, 0.25) is 0 Å². The summed E-state index contributed by atoms with van der Waals surface area (Å²) < 4.78 is 4.90. The Kier molecular flexibility index (Phi) is 10.3. The number of aliphatic hydroxyl groups excluding tert-OH is 2. The summed E-state index contributed by atoms with van der Waals surface area (Å²) in [6, 6.07) is 6.83. The van der Waals surface area contributed by atoms with Crippen LogP contribution in [0.3, 0.4) is 0 Å². The highest BCUT2D eigenvalue weighted by molar-refractivity contribution is 5.69. The number of aryl methyl sites for hydroxylation is 2. The van der Waals surface area contributed by atoms with Gasteiger partial charge in [-0.15, -0.1) is 0 Å². The van der Waals surface area contributed by atoms with Crippen molar-refractivity contribution in [3.05, 3.63) is 57.6 Å². The molecule has 0 spiro atoms. The second-order valence-corrected chi connectivity index (χ2v) is 8.23. The number of carbonyl (C=O) groups is 2. The van der Waals surface area contributed by atoms with E-state index in [1.54, 1.807) is 34.1 Å². The van der Waals surface area contributed by atoms with Gasteiger partial charge in [-0.2, -0.15) is 0 Å². The summed E-state index contributed by atoms with van der Waals surface area (Å²) in [5, 5.41) is 49.2. The van der Waals surface area contributed by atoms with Crippen LogP contribution < -0.4 is 0 Å². The Morgan fingerprint density at radius 3 is 1.74 bits per heavy atom. The minimum atomic E-state index is -1.05. The number of aliphatic hydroxyl groups is 2. The van der Waals surface area contributed by atoms with Gasteiger partial charge in [0.1, 0.15) is 18.2 Å². The highest BCUT2D eigenvalue weighted by Gasteiger charge is 2.18. The number of nitrogens with zero attached hydrogens (tertiary/aromatic N) is 2. The van der Waals surface area contributed by atoms with E-state index < -0.39 is 5.97 Å². The lowest BCUT2D eigenvalue weighted by atomic mass is 10.0. The van der Waals surface area contributed by atoms with Crippen LogP contribution in [-0.4, -0.2) is 74.1 Å². The van der Waals surface area contributed by atoms with E-state index in [1.165, 1.54) is 0 Å². The van der Waals surface area contributed by atoms with E-state index in [2.05, 4.69) is 0 Å². The summed E-state index contributed by atoms with van der Waals surface area (Å²) in [5.41, 5.74) is 3.43. The minimum Gasteiger partial charge on any atom is -0.507 e. The van der Waals surface area contributed by atoms with Crippen molar-refractivity contribution in [2.45, 2.75) is 40.2 Å². The Labute approximate surface area is 198 Å². The van der Waals surface area contributed by atoms with Crippen LogP contribution in [0.25, 0.3) is 0 Å². The lowest BCUT2D eigenvalue weighted by Crippen LogP contribution is -2.38. The molecule has 0 heterocycles. The predicted molar refractivity (Wildman–Crippen MR) is 123 cm³/mol. The zero-order valence-electron chi connectivity index (χ0n) is 19.4. The maximum Gasteiger partial charge on any atom is 0.317 e. The largest absolute Gasteiger partial charge is 0.507 e. The van der Waals surface area contributed by atoms with Crippen molar-refractivity contribution in [3.8, 4) is 11.5 Å². The van der Waals surface area contributed by atoms with Crippen LogP contribution in [0.4, 0.5) is 0 Å². The van der Waals surface area contributed by atoms with Crippen LogP contribution in [0.2, 0.25) is 0 Å². The zero-order valence-corrected chi connectivity index (χ0v) is 19.4. The quantitative estimate of drug-likeness (QED) is 0.199. The van der Waals surface area contributed by atoms with Crippen LogP contribution in [0.15, 0.2) is 24.3 Å². The van der Waals surface area contributed by atoms with Crippen molar-refractivity contribution in [3.63, 3.8) is 0 Å². The summed E-state index contributed by atoms with van der Waals surface area (Å²) in [4.78, 5) is 25.5. The molecule has 0 aliphatic rings. The Bertz CT molecular complexity index is 995. The van der Waals surface area contributed by atoms with Crippen LogP contribution in [0, 0.1) is 13.8 Å². The van der Waals surface area contributed by atoms with Gasteiger partial charge < -0.3 is 30.3 Å². The van der Waals surface area contributed by atoms with Gasteiger partial charge in [0.05, 0.1) is 19.8 Å². The molecule has 0 saturated heterocycles. The Morgan fingerprint density at radius 1 is 0.853 bits per heavy atom. The number of carboxylic acids is 1. The van der Waals surface area contributed by atoms with Gasteiger partial charge in [0.15, 0.2) is 0 Å².